The summed E-state index contributed by atoms with van der Waals surface area (Å²) in [5.41, 5.74) is 2.33. The Bertz CT molecular complexity index is 435. The minimum absolute atomic E-state index is 0.266. The van der Waals surface area contributed by atoms with Gasteiger partial charge in [0.25, 0.3) is 0 Å². The molecule has 0 heterocycles. The minimum Gasteiger partial charge on any atom is -0.478 e. The van der Waals surface area contributed by atoms with Gasteiger partial charge in [-0.05, 0) is 29.7 Å². The zero-order chi connectivity index (χ0) is 11.4. The molecule has 0 aliphatic rings. The van der Waals surface area contributed by atoms with Gasteiger partial charge in [0.2, 0.25) is 0 Å². The zero-order valence-electron chi connectivity index (χ0n) is 8.25. The van der Waals surface area contributed by atoms with Crippen LogP contribution in [0, 0.1) is 11.3 Å². The molecule has 0 radical (unpaired) electrons. The van der Waals surface area contributed by atoms with Crippen molar-refractivity contribution in [2.45, 2.75) is 18.7 Å². The summed E-state index contributed by atoms with van der Waals surface area (Å²) in [5, 5.41) is 18.3. The van der Waals surface area contributed by atoms with E-state index < -0.39 is 5.97 Å². The molecule has 0 amide bonds. The molecule has 1 aromatic carbocycles. The van der Waals surface area contributed by atoms with E-state index in [9.17, 15) is 4.79 Å². The van der Waals surface area contributed by atoms with Crippen molar-refractivity contribution in [1.29, 1.82) is 5.26 Å². The monoisotopic (exact) mass is 267 g/mol. The average Bonchev–Trinajstić information content (AvgIpc) is 2.26. The molecule has 0 saturated heterocycles. The first-order chi connectivity index (χ1) is 7.15. The van der Waals surface area contributed by atoms with Crippen LogP contribution in [0.15, 0.2) is 12.1 Å². The Kier molecular flexibility index (Phi) is 3.87. The largest absolute Gasteiger partial charge is 0.478 e. The van der Waals surface area contributed by atoms with Crippen LogP contribution in [0.1, 0.15) is 34.0 Å². The van der Waals surface area contributed by atoms with E-state index in [2.05, 4.69) is 22.0 Å². The lowest BCUT2D eigenvalue weighted by Gasteiger charge is -2.10. The molecule has 0 unspecified atom stereocenters. The summed E-state index contributed by atoms with van der Waals surface area (Å²) in [6.45, 7) is 1.91. The molecule has 1 rings (SSSR count). The van der Waals surface area contributed by atoms with Crippen LogP contribution < -0.4 is 0 Å². The Labute approximate surface area is 96.5 Å². The molecule has 15 heavy (non-hydrogen) atoms. The van der Waals surface area contributed by atoms with Crippen LogP contribution in [0.5, 0.6) is 0 Å². The smallest absolute Gasteiger partial charge is 0.336 e. The number of hydrogen-bond acceptors (Lipinski definition) is 2. The van der Waals surface area contributed by atoms with Crippen molar-refractivity contribution in [2.24, 2.45) is 0 Å². The molecular weight excluding hydrogens is 258 g/mol. The second-order valence-corrected chi connectivity index (χ2v) is 3.58. The van der Waals surface area contributed by atoms with Crippen LogP contribution in [0.4, 0.5) is 0 Å². The highest BCUT2D eigenvalue weighted by atomic mass is 79.9. The summed E-state index contributed by atoms with van der Waals surface area (Å²) in [6.07, 6.45) is 0.658. The summed E-state index contributed by atoms with van der Waals surface area (Å²) < 4.78 is 0. The van der Waals surface area contributed by atoms with Gasteiger partial charge in [0.1, 0.15) is 0 Å². The number of benzene rings is 1. The van der Waals surface area contributed by atoms with Crippen molar-refractivity contribution in [2.75, 3.05) is 0 Å². The number of carboxylic acids is 1. The van der Waals surface area contributed by atoms with Crippen LogP contribution in [0.3, 0.4) is 0 Å². The molecule has 0 spiro atoms. The van der Waals surface area contributed by atoms with E-state index in [1.165, 1.54) is 6.07 Å². The standard InChI is InChI=1S/C11H10BrNO2/c1-2-8-7(6-13)3-4-9(11(14)15)10(8)5-12/h3-4H,2,5H2,1H3,(H,14,15). The molecule has 0 aliphatic carbocycles. The third-order valence-electron chi connectivity index (χ3n) is 2.27. The highest BCUT2D eigenvalue weighted by Crippen LogP contribution is 2.22. The predicted molar refractivity (Wildman–Crippen MR) is 60.1 cm³/mol. The predicted octanol–water partition coefficient (Wildman–Crippen LogP) is 2.71. The molecule has 1 N–H and O–H groups in total. The Hall–Kier alpha value is -1.34. The van der Waals surface area contributed by atoms with Gasteiger partial charge in [-0.3, -0.25) is 0 Å². The van der Waals surface area contributed by atoms with Crippen molar-refractivity contribution in [3.05, 3.63) is 34.4 Å². The zero-order valence-corrected chi connectivity index (χ0v) is 9.84. The van der Waals surface area contributed by atoms with Crippen LogP contribution in [-0.4, -0.2) is 11.1 Å². The maximum Gasteiger partial charge on any atom is 0.336 e. The highest BCUT2D eigenvalue weighted by molar-refractivity contribution is 9.08. The second-order valence-electron chi connectivity index (χ2n) is 3.02. The fraction of sp³-hybridized carbons (Fsp3) is 0.273. The maximum absolute atomic E-state index is 10.9. The maximum atomic E-state index is 10.9. The van der Waals surface area contributed by atoms with E-state index >= 15 is 0 Å². The number of hydrogen-bond donors (Lipinski definition) is 1. The first-order valence-corrected chi connectivity index (χ1v) is 5.61. The van der Waals surface area contributed by atoms with Gasteiger partial charge < -0.3 is 5.11 Å². The normalized spacial score (nSPS) is 9.67. The third kappa shape index (κ3) is 2.18. The number of alkyl halides is 1. The van der Waals surface area contributed by atoms with Gasteiger partial charge in [0.05, 0.1) is 17.2 Å². The Morgan fingerprint density at radius 1 is 1.53 bits per heavy atom. The Morgan fingerprint density at radius 3 is 2.60 bits per heavy atom. The van der Waals surface area contributed by atoms with Gasteiger partial charge >= 0.3 is 5.97 Å². The van der Waals surface area contributed by atoms with Gasteiger partial charge in [-0.25, -0.2) is 4.79 Å². The number of nitriles is 1. The van der Waals surface area contributed by atoms with E-state index in [0.29, 0.717) is 22.9 Å². The first kappa shape index (κ1) is 11.7. The van der Waals surface area contributed by atoms with Gasteiger partial charge in [0.15, 0.2) is 0 Å². The minimum atomic E-state index is -0.955. The number of carboxylic acid groups (broad SMARTS) is 1. The molecule has 0 fully saturated rings. The average molecular weight is 268 g/mol. The van der Waals surface area contributed by atoms with Crippen LogP contribution >= 0.6 is 15.9 Å². The van der Waals surface area contributed by atoms with Crippen molar-refractivity contribution in [1.82, 2.24) is 0 Å². The van der Waals surface area contributed by atoms with Crippen molar-refractivity contribution < 1.29 is 9.90 Å². The number of nitrogens with zero attached hydrogens (tertiary/aromatic N) is 1. The van der Waals surface area contributed by atoms with Crippen LogP contribution in [0.2, 0.25) is 0 Å². The Balaban J connectivity index is 3.49. The van der Waals surface area contributed by atoms with Crippen LogP contribution in [0.25, 0.3) is 0 Å². The summed E-state index contributed by atoms with van der Waals surface area (Å²) >= 11 is 3.26. The Morgan fingerprint density at radius 2 is 2.20 bits per heavy atom. The first-order valence-electron chi connectivity index (χ1n) is 4.49. The van der Waals surface area contributed by atoms with E-state index in [1.54, 1.807) is 6.07 Å². The summed E-state index contributed by atoms with van der Waals surface area (Å²) in [4.78, 5) is 10.9. The number of halogens is 1. The molecule has 0 bridgehead atoms. The molecule has 4 heteroatoms. The molecule has 78 valence electrons. The molecule has 3 nitrogen and oxygen atoms in total. The fourth-order valence-corrected chi connectivity index (χ4v) is 2.20. The number of carbonyl (C=O) groups is 1. The lowest BCUT2D eigenvalue weighted by Crippen LogP contribution is -2.06. The van der Waals surface area contributed by atoms with Crippen molar-refractivity contribution >= 4 is 21.9 Å². The van der Waals surface area contributed by atoms with Crippen LogP contribution in [-0.2, 0) is 11.8 Å². The van der Waals surface area contributed by atoms with Gasteiger partial charge in [-0.1, -0.05) is 22.9 Å². The van der Waals surface area contributed by atoms with E-state index in [0.717, 1.165) is 5.56 Å². The second kappa shape index (κ2) is 4.94. The van der Waals surface area contributed by atoms with Gasteiger partial charge in [0, 0.05) is 5.33 Å². The summed E-state index contributed by atoms with van der Waals surface area (Å²) in [5.74, 6) is -0.955. The van der Waals surface area contributed by atoms with Crippen molar-refractivity contribution in [3.63, 3.8) is 0 Å². The molecule has 0 aliphatic heterocycles. The quantitative estimate of drug-likeness (QED) is 0.857. The van der Waals surface area contributed by atoms with Crippen molar-refractivity contribution in [3.8, 4) is 6.07 Å². The van der Waals surface area contributed by atoms with E-state index in [1.807, 2.05) is 6.92 Å². The number of rotatable bonds is 3. The third-order valence-corrected chi connectivity index (χ3v) is 2.83. The lowest BCUT2D eigenvalue weighted by atomic mass is 9.96. The van der Waals surface area contributed by atoms with Gasteiger partial charge in [-0.2, -0.15) is 5.26 Å². The fourth-order valence-electron chi connectivity index (χ4n) is 1.55. The SMILES string of the molecule is CCc1c(C#N)ccc(C(=O)O)c1CBr. The molecule has 0 saturated carbocycles. The number of aromatic carboxylic acids is 1. The molecule has 0 atom stereocenters. The molecule has 0 aromatic heterocycles. The van der Waals surface area contributed by atoms with E-state index in [-0.39, 0.29) is 5.56 Å². The topological polar surface area (TPSA) is 61.1 Å². The van der Waals surface area contributed by atoms with Gasteiger partial charge in [-0.15, -0.1) is 0 Å². The molecule has 1 aromatic rings. The lowest BCUT2D eigenvalue weighted by molar-refractivity contribution is 0.0696. The summed E-state index contributed by atoms with van der Waals surface area (Å²) in [6, 6.07) is 5.12. The summed E-state index contributed by atoms with van der Waals surface area (Å²) in [7, 11) is 0. The highest BCUT2D eigenvalue weighted by Gasteiger charge is 2.15. The molecular formula is C11H10BrNO2. The van der Waals surface area contributed by atoms with E-state index in [4.69, 9.17) is 10.4 Å².